The van der Waals surface area contributed by atoms with Crippen LogP contribution in [0.3, 0.4) is 0 Å². The molecule has 1 atom stereocenters. The van der Waals surface area contributed by atoms with Crippen LogP contribution in [0.1, 0.15) is 31.6 Å². The van der Waals surface area contributed by atoms with Crippen LogP contribution in [-0.2, 0) is 11.2 Å². The molecule has 0 fully saturated rings. The second-order valence-electron chi connectivity index (χ2n) is 6.95. The molecule has 1 aliphatic rings. The summed E-state index contributed by atoms with van der Waals surface area (Å²) in [7, 11) is 1.68. The average molecular weight is 411 g/mol. The summed E-state index contributed by atoms with van der Waals surface area (Å²) in [6.45, 7) is 3.87. The molecule has 0 radical (unpaired) electrons. The molecule has 0 saturated carbocycles. The number of anilines is 1. The summed E-state index contributed by atoms with van der Waals surface area (Å²) in [6, 6.07) is 10.3. The van der Waals surface area contributed by atoms with Crippen molar-refractivity contribution in [3.05, 3.63) is 63.2 Å². The maximum atomic E-state index is 12.8. The molecule has 2 aromatic heterocycles. The van der Waals surface area contributed by atoms with Crippen molar-refractivity contribution in [2.24, 2.45) is 0 Å². The third kappa shape index (κ3) is 3.75. The third-order valence-electron chi connectivity index (χ3n) is 4.98. The van der Waals surface area contributed by atoms with Crippen LogP contribution in [0.15, 0.2) is 40.9 Å². The Morgan fingerprint density at radius 2 is 2.07 bits per heavy atom. The maximum Gasteiger partial charge on any atom is 0.262 e. The van der Waals surface area contributed by atoms with Crippen molar-refractivity contribution < 1.29 is 18.8 Å². The van der Waals surface area contributed by atoms with E-state index in [0.29, 0.717) is 22.7 Å². The highest BCUT2D eigenvalue weighted by Crippen LogP contribution is 2.30. The van der Waals surface area contributed by atoms with Gasteiger partial charge in [-0.25, -0.2) is 0 Å². The highest BCUT2D eigenvalue weighted by atomic mass is 32.1. The lowest BCUT2D eigenvalue weighted by Crippen LogP contribution is -2.49. The molecule has 7 nitrogen and oxygen atoms in total. The minimum absolute atomic E-state index is 0.0865. The van der Waals surface area contributed by atoms with E-state index in [9.17, 15) is 9.59 Å². The second kappa shape index (κ2) is 7.71. The van der Waals surface area contributed by atoms with Gasteiger partial charge >= 0.3 is 0 Å². The van der Waals surface area contributed by atoms with Gasteiger partial charge in [-0.3, -0.25) is 9.59 Å². The predicted octanol–water partition coefficient (Wildman–Crippen LogP) is 3.10. The van der Waals surface area contributed by atoms with Crippen molar-refractivity contribution in [2.45, 2.75) is 26.3 Å². The average Bonchev–Trinajstić information content (AvgIpc) is 3.29. The van der Waals surface area contributed by atoms with Gasteiger partial charge in [-0.2, -0.15) is 0 Å². The molecule has 8 heteroatoms. The molecule has 29 heavy (non-hydrogen) atoms. The molecular weight excluding hydrogens is 390 g/mol. The molecular formula is C21H21N3O4S. The zero-order chi connectivity index (χ0) is 20.5. The van der Waals surface area contributed by atoms with Crippen molar-refractivity contribution in [3.63, 3.8) is 0 Å². The standard InChI is InChI=1S/C21H21N3O4S/c1-12-15(13(2)28-23-12)10-14-8-9-19(29-14)20(25)22-16-11-27-18-7-5-4-6-17(18)24(3)21(16)26/h4-9,16H,10-11H2,1-3H3,(H,22,25). The zero-order valence-electron chi connectivity index (χ0n) is 16.4. The first kappa shape index (κ1) is 19.2. The molecule has 3 aromatic rings. The summed E-state index contributed by atoms with van der Waals surface area (Å²) < 4.78 is 11.0. The van der Waals surface area contributed by atoms with Crippen molar-refractivity contribution in [1.29, 1.82) is 0 Å². The van der Waals surface area contributed by atoms with Crippen molar-refractivity contribution in [2.75, 3.05) is 18.6 Å². The van der Waals surface area contributed by atoms with E-state index in [2.05, 4.69) is 10.5 Å². The van der Waals surface area contributed by atoms with E-state index in [4.69, 9.17) is 9.26 Å². The van der Waals surface area contributed by atoms with E-state index >= 15 is 0 Å². The smallest absolute Gasteiger partial charge is 0.262 e. The number of amides is 2. The lowest BCUT2D eigenvalue weighted by atomic mass is 10.1. The molecule has 1 aromatic carbocycles. The van der Waals surface area contributed by atoms with Crippen molar-refractivity contribution in [1.82, 2.24) is 10.5 Å². The third-order valence-corrected chi connectivity index (χ3v) is 6.07. The van der Waals surface area contributed by atoms with Crippen LogP contribution >= 0.6 is 11.3 Å². The Bertz CT molecular complexity index is 1050. The van der Waals surface area contributed by atoms with Gasteiger partial charge in [0, 0.05) is 23.9 Å². The topological polar surface area (TPSA) is 84.7 Å². The van der Waals surface area contributed by atoms with E-state index in [1.165, 1.54) is 16.2 Å². The molecule has 150 valence electrons. The fraction of sp³-hybridized carbons (Fsp3) is 0.286. The molecule has 0 bridgehead atoms. The Hall–Kier alpha value is -3.13. The van der Waals surface area contributed by atoms with Crippen LogP contribution in [0.4, 0.5) is 5.69 Å². The second-order valence-corrected chi connectivity index (χ2v) is 8.12. The lowest BCUT2D eigenvalue weighted by molar-refractivity contribution is -0.120. The predicted molar refractivity (Wildman–Crippen MR) is 110 cm³/mol. The lowest BCUT2D eigenvalue weighted by Gasteiger charge is -2.20. The first-order chi connectivity index (χ1) is 13.9. The Kier molecular flexibility index (Phi) is 5.10. The number of rotatable bonds is 4. The van der Waals surface area contributed by atoms with Crippen LogP contribution in [0.25, 0.3) is 0 Å². The van der Waals surface area contributed by atoms with Gasteiger partial charge in [-0.1, -0.05) is 17.3 Å². The van der Waals surface area contributed by atoms with Crippen LogP contribution in [-0.4, -0.2) is 36.7 Å². The van der Waals surface area contributed by atoms with E-state index in [-0.39, 0.29) is 18.4 Å². The largest absolute Gasteiger partial charge is 0.489 e. The Morgan fingerprint density at radius 1 is 1.28 bits per heavy atom. The number of nitrogens with one attached hydrogen (secondary N) is 1. The number of nitrogens with zero attached hydrogens (tertiary/aromatic N) is 2. The number of hydrogen-bond acceptors (Lipinski definition) is 6. The van der Waals surface area contributed by atoms with Gasteiger partial charge in [0.05, 0.1) is 16.3 Å². The summed E-state index contributed by atoms with van der Waals surface area (Å²) >= 11 is 1.39. The normalized spacial score (nSPS) is 16.2. The summed E-state index contributed by atoms with van der Waals surface area (Å²) in [5.41, 5.74) is 2.57. The molecule has 3 heterocycles. The fourth-order valence-electron chi connectivity index (χ4n) is 3.31. The SMILES string of the molecule is Cc1noc(C)c1Cc1ccc(C(=O)NC2COc3ccccc3N(C)C2=O)s1. The first-order valence-corrected chi connectivity index (χ1v) is 10.1. The molecule has 1 unspecified atom stereocenters. The highest BCUT2D eigenvalue weighted by molar-refractivity contribution is 7.14. The van der Waals surface area contributed by atoms with Crippen LogP contribution in [0.2, 0.25) is 0 Å². The number of carbonyl (C=O) groups is 2. The van der Waals surface area contributed by atoms with Gasteiger partial charge in [-0.05, 0) is 38.1 Å². The Balaban J connectivity index is 1.46. The number of para-hydroxylation sites is 2. The van der Waals surface area contributed by atoms with Crippen molar-refractivity contribution in [3.8, 4) is 5.75 Å². The summed E-state index contributed by atoms with van der Waals surface area (Å²) in [6.07, 6.45) is 0.655. The summed E-state index contributed by atoms with van der Waals surface area (Å²) in [5.74, 6) is 0.904. The molecule has 1 N–H and O–H groups in total. The van der Waals surface area contributed by atoms with E-state index in [1.807, 2.05) is 44.2 Å². The van der Waals surface area contributed by atoms with E-state index in [0.717, 1.165) is 21.9 Å². The number of carbonyl (C=O) groups excluding carboxylic acids is 2. The van der Waals surface area contributed by atoms with Gasteiger partial charge in [0.2, 0.25) is 0 Å². The summed E-state index contributed by atoms with van der Waals surface area (Å²) in [5, 5.41) is 6.78. The Labute approximate surface area is 172 Å². The van der Waals surface area contributed by atoms with Crippen molar-refractivity contribution >= 4 is 28.8 Å². The molecule has 0 saturated heterocycles. The molecule has 2 amide bonds. The van der Waals surface area contributed by atoms with Crippen LogP contribution in [0.5, 0.6) is 5.75 Å². The number of likely N-dealkylation sites (N-methyl/N-ethyl adjacent to an activating group) is 1. The van der Waals surface area contributed by atoms with E-state index in [1.54, 1.807) is 13.1 Å². The molecule has 4 rings (SSSR count). The number of thiophene rings is 1. The molecule has 0 spiro atoms. The number of aryl methyl sites for hydroxylation is 2. The first-order valence-electron chi connectivity index (χ1n) is 9.24. The maximum absolute atomic E-state index is 12.8. The van der Waals surface area contributed by atoms with Gasteiger partial charge in [0.25, 0.3) is 11.8 Å². The van der Waals surface area contributed by atoms with Crippen LogP contribution in [0, 0.1) is 13.8 Å². The fourth-order valence-corrected chi connectivity index (χ4v) is 4.23. The molecule has 0 aliphatic carbocycles. The monoisotopic (exact) mass is 411 g/mol. The van der Waals surface area contributed by atoms with Gasteiger partial charge in [-0.15, -0.1) is 11.3 Å². The number of ether oxygens (including phenoxy) is 1. The highest BCUT2D eigenvalue weighted by Gasteiger charge is 2.30. The molecule has 1 aliphatic heterocycles. The minimum Gasteiger partial charge on any atom is -0.489 e. The van der Waals surface area contributed by atoms with Gasteiger partial charge in [0.15, 0.2) is 0 Å². The number of fused-ring (bicyclic) bond motifs is 1. The number of benzene rings is 1. The zero-order valence-corrected chi connectivity index (χ0v) is 17.2. The van der Waals surface area contributed by atoms with Crippen LogP contribution < -0.4 is 15.0 Å². The minimum atomic E-state index is -0.756. The summed E-state index contributed by atoms with van der Waals surface area (Å²) in [4.78, 5) is 28.6. The number of aromatic nitrogens is 1. The number of hydrogen-bond donors (Lipinski definition) is 1. The Morgan fingerprint density at radius 3 is 2.83 bits per heavy atom. The quantitative estimate of drug-likeness (QED) is 0.713. The van der Waals surface area contributed by atoms with Gasteiger partial charge in [0.1, 0.15) is 24.2 Å². The van der Waals surface area contributed by atoms with Gasteiger partial charge < -0.3 is 19.5 Å². The van der Waals surface area contributed by atoms with E-state index < -0.39 is 6.04 Å².